The van der Waals surface area contributed by atoms with Crippen LogP contribution in [0.5, 0.6) is 0 Å². The Morgan fingerprint density at radius 3 is 2.59 bits per heavy atom. The van der Waals surface area contributed by atoms with Crippen molar-refractivity contribution >= 4 is 28.9 Å². The topological polar surface area (TPSA) is 105 Å². The van der Waals surface area contributed by atoms with Gasteiger partial charge in [0.25, 0.3) is 5.69 Å². The van der Waals surface area contributed by atoms with Gasteiger partial charge in [-0.15, -0.1) is 0 Å². The van der Waals surface area contributed by atoms with Gasteiger partial charge in [0, 0.05) is 30.6 Å². The minimum Gasteiger partial charge on any atom is -0.376 e. The number of aryl methyl sites for hydroxylation is 2. The molecule has 0 unspecified atom stereocenters. The molecule has 0 aliphatic rings. The Labute approximate surface area is 157 Å². The molecule has 0 saturated carbocycles. The first-order chi connectivity index (χ1) is 12.8. The maximum atomic E-state index is 12.2. The lowest BCUT2D eigenvalue weighted by atomic mass is 10.1. The van der Waals surface area contributed by atoms with Gasteiger partial charge in [-0.3, -0.25) is 19.7 Å². The third-order valence-electron chi connectivity index (χ3n) is 3.97. The number of nitrogens with zero attached hydrogens (tertiary/aromatic N) is 2. The summed E-state index contributed by atoms with van der Waals surface area (Å²) in [4.78, 5) is 35.9. The number of hydrogen-bond donors (Lipinski definition) is 2. The molecule has 2 N–H and O–H groups in total. The van der Waals surface area contributed by atoms with E-state index in [2.05, 4.69) is 10.6 Å². The number of rotatable bonds is 7. The molecule has 8 heteroatoms. The van der Waals surface area contributed by atoms with E-state index in [9.17, 15) is 19.7 Å². The maximum absolute atomic E-state index is 12.2. The van der Waals surface area contributed by atoms with Crippen LogP contribution < -0.4 is 10.6 Å². The van der Waals surface area contributed by atoms with Crippen molar-refractivity contribution in [2.45, 2.75) is 13.8 Å². The Hall–Kier alpha value is -3.42. The van der Waals surface area contributed by atoms with Crippen molar-refractivity contribution in [1.82, 2.24) is 4.90 Å². The normalized spacial score (nSPS) is 10.2. The van der Waals surface area contributed by atoms with Crippen molar-refractivity contribution in [1.29, 1.82) is 0 Å². The second-order valence-corrected chi connectivity index (χ2v) is 6.28. The summed E-state index contributed by atoms with van der Waals surface area (Å²) >= 11 is 0. The third-order valence-corrected chi connectivity index (χ3v) is 3.97. The Morgan fingerprint density at radius 2 is 1.89 bits per heavy atom. The fourth-order valence-electron chi connectivity index (χ4n) is 2.41. The molecule has 0 radical (unpaired) electrons. The van der Waals surface area contributed by atoms with Gasteiger partial charge in [0.2, 0.25) is 11.8 Å². The molecule has 2 aromatic carbocycles. The standard InChI is InChI=1S/C19H22N4O4/c1-13-7-8-14(2)17(9-13)21-18(24)12-22(3)19(25)11-20-15-5-4-6-16(10-15)23(26)27/h4-10,20H,11-12H2,1-3H3,(H,21,24). The monoisotopic (exact) mass is 370 g/mol. The minimum atomic E-state index is -0.503. The molecule has 142 valence electrons. The van der Waals surface area contributed by atoms with E-state index in [4.69, 9.17) is 0 Å². The second-order valence-electron chi connectivity index (χ2n) is 6.28. The fraction of sp³-hybridized carbons (Fsp3) is 0.263. The smallest absolute Gasteiger partial charge is 0.271 e. The van der Waals surface area contributed by atoms with Gasteiger partial charge in [-0.05, 0) is 37.1 Å². The molecule has 0 spiro atoms. The molecule has 0 aromatic heterocycles. The van der Waals surface area contributed by atoms with E-state index in [-0.39, 0.29) is 30.6 Å². The van der Waals surface area contributed by atoms with Gasteiger partial charge >= 0.3 is 0 Å². The quantitative estimate of drug-likeness (QED) is 0.576. The molecule has 0 aliphatic heterocycles. The number of non-ortho nitro benzene ring substituents is 1. The predicted octanol–water partition coefficient (Wildman–Crippen LogP) is 2.72. The number of benzene rings is 2. The predicted molar refractivity (Wildman–Crippen MR) is 104 cm³/mol. The highest BCUT2D eigenvalue weighted by Gasteiger charge is 2.14. The Bertz CT molecular complexity index is 867. The Morgan fingerprint density at radius 1 is 1.15 bits per heavy atom. The largest absolute Gasteiger partial charge is 0.376 e. The van der Waals surface area contributed by atoms with Crippen molar-refractivity contribution in [2.75, 3.05) is 30.8 Å². The molecular formula is C19H22N4O4. The molecule has 2 rings (SSSR count). The van der Waals surface area contributed by atoms with Gasteiger partial charge in [-0.2, -0.15) is 0 Å². The number of carbonyl (C=O) groups excluding carboxylic acids is 2. The lowest BCUT2D eigenvalue weighted by molar-refractivity contribution is -0.384. The van der Waals surface area contributed by atoms with Crippen molar-refractivity contribution < 1.29 is 14.5 Å². The fourth-order valence-corrected chi connectivity index (χ4v) is 2.41. The average Bonchev–Trinajstić information content (AvgIpc) is 2.62. The van der Waals surface area contributed by atoms with E-state index in [1.165, 1.54) is 30.1 Å². The molecule has 0 saturated heterocycles. The van der Waals surface area contributed by atoms with Crippen LogP contribution in [0.3, 0.4) is 0 Å². The van der Waals surface area contributed by atoms with E-state index in [1.807, 2.05) is 32.0 Å². The van der Waals surface area contributed by atoms with Crippen LogP contribution in [0.25, 0.3) is 0 Å². The zero-order valence-electron chi connectivity index (χ0n) is 15.5. The van der Waals surface area contributed by atoms with Gasteiger partial charge in [0.15, 0.2) is 0 Å². The highest BCUT2D eigenvalue weighted by molar-refractivity contribution is 5.95. The second kappa shape index (κ2) is 8.79. The maximum Gasteiger partial charge on any atom is 0.271 e. The van der Waals surface area contributed by atoms with Crippen LogP contribution in [0.4, 0.5) is 17.1 Å². The molecule has 2 amide bonds. The highest BCUT2D eigenvalue weighted by Crippen LogP contribution is 2.17. The SMILES string of the molecule is Cc1ccc(C)c(NC(=O)CN(C)C(=O)CNc2cccc([N+](=O)[O-])c2)c1. The average molecular weight is 370 g/mol. The van der Waals surface area contributed by atoms with Crippen LogP contribution in [-0.4, -0.2) is 41.8 Å². The summed E-state index contributed by atoms with van der Waals surface area (Å²) in [6, 6.07) is 11.6. The number of hydrogen-bond acceptors (Lipinski definition) is 5. The molecule has 8 nitrogen and oxygen atoms in total. The number of anilines is 2. The van der Waals surface area contributed by atoms with Gasteiger partial charge < -0.3 is 15.5 Å². The van der Waals surface area contributed by atoms with E-state index in [0.717, 1.165) is 16.8 Å². The highest BCUT2D eigenvalue weighted by atomic mass is 16.6. The third kappa shape index (κ3) is 5.81. The van der Waals surface area contributed by atoms with Gasteiger partial charge in [-0.1, -0.05) is 18.2 Å². The van der Waals surface area contributed by atoms with Crippen molar-refractivity contribution in [3.05, 3.63) is 63.7 Å². The summed E-state index contributed by atoms with van der Waals surface area (Å²) in [5.74, 6) is -0.604. The summed E-state index contributed by atoms with van der Waals surface area (Å²) in [5, 5.41) is 16.4. The molecule has 0 heterocycles. The van der Waals surface area contributed by atoms with Gasteiger partial charge in [0.05, 0.1) is 18.0 Å². The molecule has 0 bridgehead atoms. The molecule has 0 aliphatic carbocycles. The van der Waals surface area contributed by atoms with Crippen LogP contribution in [0, 0.1) is 24.0 Å². The summed E-state index contributed by atoms with van der Waals surface area (Å²) < 4.78 is 0. The summed E-state index contributed by atoms with van der Waals surface area (Å²) in [7, 11) is 1.53. The first kappa shape index (κ1) is 19.9. The number of nitrogens with one attached hydrogen (secondary N) is 2. The summed E-state index contributed by atoms with van der Waals surface area (Å²) in [6.07, 6.45) is 0. The minimum absolute atomic E-state index is 0.0614. The Balaban J connectivity index is 1.87. The number of amides is 2. The lowest BCUT2D eigenvalue weighted by Gasteiger charge is -2.18. The van der Waals surface area contributed by atoms with E-state index >= 15 is 0 Å². The number of carbonyl (C=O) groups is 2. The van der Waals surface area contributed by atoms with Crippen LogP contribution in [0.1, 0.15) is 11.1 Å². The van der Waals surface area contributed by atoms with Gasteiger partial charge in [-0.25, -0.2) is 0 Å². The van der Waals surface area contributed by atoms with Crippen LogP contribution in [0.15, 0.2) is 42.5 Å². The molecule has 0 fully saturated rings. The first-order valence-corrected chi connectivity index (χ1v) is 8.35. The summed E-state index contributed by atoms with van der Waals surface area (Å²) in [5.41, 5.74) is 3.09. The van der Waals surface area contributed by atoms with E-state index in [1.54, 1.807) is 6.07 Å². The lowest BCUT2D eigenvalue weighted by Crippen LogP contribution is -2.38. The zero-order valence-corrected chi connectivity index (χ0v) is 15.5. The molecule has 27 heavy (non-hydrogen) atoms. The van der Waals surface area contributed by atoms with E-state index < -0.39 is 4.92 Å². The van der Waals surface area contributed by atoms with Crippen molar-refractivity contribution in [3.63, 3.8) is 0 Å². The summed E-state index contributed by atoms with van der Waals surface area (Å²) in [6.45, 7) is 3.66. The first-order valence-electron chi connectivity index (χ1n) is 8.35. The van der Waals surface area contributed by atoms with E-state index in [0.29, 0.717) is 5.69 Å². The van der Waals surface area contributed by atoms with Crippen LogP contribution >= 0.6 is 0 Å². The number of nitro groups is 1. The number of nitro benzene ring substituents is 1. The van der Waals surface area contributed by atoms with Crippen LogP contribution in [0.2, 0.25) is 0 Å². The van der Waals surface area contributed by atoms with Crippen LogP contribution in [-0.2, 0) is 9.59 Å². The Kier molecular flexibility index (Phi) is 6.48. The molecule has 0 atom stereocenters. The zero-order chi connectivity index (χ0) is 20.0. The van der Waals surface area contributed by atoms with Crippen molar-refractivity contribution in [3.8, 4) is 0 Å². The molecule has 2 aromatic rings. The molecular weight excluding hydrogens is 348 g/mol. The van der Waals surface area contributed by atoms with Crippen molar-refractivity contribution in [2.24, 2.45) is 0 Å². The van der Waals surface area contributed by atoms with Gasteiger partial charge in [0.1, 0.15) is 0 Å². The number of likely N-dealkylation sites (N-methyl/N-ethyl adjacent to an activating group) is 1.